The topological polar surface area (TPSA) is 111 Å². The van der Waals surface area contributed by atoms with Crippen molar-refractivity contribution in [1.82, 2.24) is 0 Å². The Labute approximate surface area is 547 Å². The van der Waals surface area contributed by atoms with Gasteiger partial charge in [0.25, 0.3) is 0 Å². The summed E-state index contributed by atoms with van der Waals surface area (Å²) < 4.78 is 22.8. The minimum absolute atomic E-state index is 0.149. The quantitative estimate of drug-likeness (QED) is 0.0195. The fraction of sp³-hybridized carbons (Fsp3) is 0.886. The summed E-state index contributed by atoms with van der Waals surface area (Å²) in [5.41, 5.74) is 0. The molecule has 0 bridgehead atoms. The Morgan fingerprint density at radius 2 is 0.614 bits per heavy atom. The minimum atomic E-state index is -1.62. The van der Waals surface area contributed by atoms with E-state index in [9.17, 15) is 19.5 Å². The first-order valence-electron chi connectivity index (χ1n) is 38.6. The summed E-state index contributed by atoms with van der Waals surface area (Å²) in [4.78, 5) is 37.5. The van der Waals surface area contributed by atoms with Gasteiger partial charge in [-0.05, 0) is 51.4 Å². The number of ether oxygens (including phenoxy) is 4. The number of carboxylic acid groups (broad SMARTS) is 1. The fourth-order valence-corrected chi connectivity index (χ4v) is 11.7. The summed E-state index contributed by atoms with van der Waals surface area (Å²) in [6.45, 7) is 4.80. The molecule has 0 aromatic rings. The lowest BCUT2D eigenvalue weighted by Gasteiger charge is -2.26. The molecule has 2 atom stereocenters. The first-order valence-corrected chi connectivity index (χ1v) is 38.6. The van der Waals surface area contributed by atoms with Gasteiger partial charge in [-0.1, -0.05) is 365 Å². The normalized spacial score (nSPS) is 12.8. The Balaban J connectivity index is 3.96. The number of hydrogen-bond donors (Lipinski definition) is 0. The molecular formula is C79H149NO8. The van der Waals surface area contributed by atoms with Crippen LogP contribution in [0.4, 0.5) is 0 Å². The van der Waals surface area contributed by atoms with Gasteiger partial charge < -0.3 is 33.3 Å². The Morgan fingerprint density at radius 1 is 0.341 bits per heavy atom. The third-order valence-corrected chi connectivity index (χ3v) is 17.6. The lowest BCUT2D eigenvalue weighted by molar-refractivity contribution is -0.870. The van der Waals surface area contributed by atoms with Gasteiger partial charge in [0.05, 0.1) is 40.3 Å². The highest BCUT2D eigenvalue weighted by Gasteiger charge is 2.22. The largest absolute Gasteiger partial charge is 0.545 e. The maximum atomic E-state index is 12.9. The highest BCUT2D eigenvalue weighted by atomic mass is 16.7. The van der Waals surface area contributed by atoms with Crippen LogP contribution in [0.15, 0.2) is 36.5 Å². The van der Waals surface area contributed by atoms with Gasteiger partial charge in [0.2, 0.25) is 0 Å². The number of nitrogens with zero attached hydrogens (tertiary/aromatic N) is 1. The van der Waals surface area contributed by atoms with Gasteiger partial charge in [0.15, 0.2) is 12.4 Å². The van der Waals surface area contributed by atoms with Crippen molar-refractivity contribution in [2.24, 2.45) is 0 Å². The Hall–Kier alpha value is -2.49. The lowest BCUT2D eigenvalue weighted by atomic mass is 10.0. The average molecular weight is 1240 g/mol. The van der Waals surface area contributed by atoms with Crippen LogP contribution < -0.4 is 5.11 Å². The van der Waals surface area contributed by atoms with Gasteiger partial charge in [0, 0.05) is 12.8 Å². The number of carbonyl (C=O) groups is 3. The van der Waals surface area contributed by atoms with Crippen molar-refractivity contribution in [1.29, 1.82) is 0 Å². The van der Waals surface area contributed by atoms with Crippen LogP contribution in [0.25, 0.3) is 0 Å². The van der Waals surface area contributed by atoms with Gasteiger partial charge in [0.1, 0.15) is 13.2 Å². The second kappa shape index (κ2) is 70.4. The molecule has 9 heteroatoms. The Kier molecular flexibility index (Phi) is 68.4. The summed E-state index contributed by atoms with van der Waals surface area (Å²) in [5.74, 6) is -2.26. The number of likely N-dealkylation sites (N-methyl/N-ethyl adjacent to an activating group) is 1. The molecule has 0 saturated carbocycles. The van der Waals surface area contributed by atoms with E-state index in [2.05, 4.69) is 50.3 Å². The van der Waals surface area contributed by atoms with Gasteiger partial charge in [-0.25, -0.2) is 0 Å². The Bertz CT molecular complexity index is 1540. The van der Waals surface area contributed by atoms with Crippen LogP contribution in [0.1, 0.15) is 393 Å². The zero-order valence-corrected chi connectivity index (χ0v) is 59.4. The molecule has 0 aliphatic rings. The number of allylic oxidation sites excluding steroid dienone is 6. The van der Waals surface area contributed by atoms with E-state index in [1.54, 1.807) is 0 Å². The molecular weight excluding hydrogens is 1090 g/mol. The number of hydrogen-bond acceptors (Lipinski definition) is 8. The first kappa shape index (κ1) is 85.5. The number of carboxylic acids is 1. The van der Waals surface area contributed by atoms with Crippen LogP contribution in [0.2, 0.25) is 0 Å². The van der Waals surface area contributed by atoms with E-state index in [0.717, 1.165) is 51.4 Å². The summed E-state index contributed by atoms with van der Waals surface area (Å²) in [6.07, 6.45) is 87.0. The highest BCUT2D eigenvalue weighted by Crippen LogP contribution is 2.20. The third-order valence-electron chi connectivity index (χ3n) is 17.6. The molecule has 88 heavy (non-hydrogen) atoms. The average Bonchev–Trinajstić information content (AvgIpc) is 3.62. The van der Waals surface area contributed by atoms with Gasteiger partial charge in [-0.3, -0.25) is 9.59 Å². The van der Waals surface area contributed by atoms with Crippen LogP contribution in [-0.2, 0) is 33.3 Å². The monoisotopic (exact) mass is 1240 g/mol. The van der Waals surface area contributed by atoms with Gasteiger partial charge >= 0.3 is 11.9 Å². The maximum Gasteiger partial charge on any atom is 0.306 e. The van der Waals surface area contributed by atoms with Crippen LogP contribution in [0, 0.1) is 0 Å². The molecule has 0 aliphatic carbocycles. The standard InChI is InChI=1S/C79H149NO8/c1-6-8-10-12-14-16-18-20-22-24-26-28-30-32-33-34-35-36-37-38-39-40-41-42-43-44-46-47-49-51-53-55-57-59-61-63-65-67-69-76(81)86-73-75(74-87-79(78(83)84)85-72-71-80(3,4)5)88-77(82)70-68-66-64-62-60-58-56-54-52-50-48-45-31-29-27-25-23-21-19-17-15-13-11-9-7-2/h19,21,25,27,31,45,75,79H,6-18,20,22-24,26,28-30,32-44,46-74H2,1-5H3/b21-19-,27-25-,45-31-. The predicted octanol–water partition coefficient (Wildman–Crippen LogP) is 23.0. The zero-order chi connectivity index (χ0) is 64.0. The second-order valence-corrected chi connectivity index (χ2v) is 27.7. The van der Waals surface area contributed by atoms with Crippen LogP contribution in [0.3, 0.4) is 0 Å². The SMILES string of the molecule is CCCCCCC/C=C\C/C=C\C/C=C\CCCCCCCCCCCCC(=O)OC(COC(=O)CCCCCCCCCCCCCCCCCCCCCCCCCCCCCCCCCCCCCCCC)COC(OCC[N+](C)(C)C)C(=O)[O-]. The van der Waals surface area contributed by atoms with Crippen molar-refractivity contribution >= 4 is 17.9 Å². The zero-order valence-electron chi connectivity index (χ0n) is 59.4. The second-order valence-electron chi connectivity index (χ2n) is 27.7. The van der Waals surface area contributed by atoms with E-state index >= 15 is 0 Å². The van der Waals surface area contributed by atoms with E-state index in [0.29, 0.717) is 23.9 Å². The molecule has 0 radical (unpaired) electrons. The molecule has 0 N–H and O–H groups in total. The lowest BCUT2D eigenvalue weighted by Crippen LogP contribution is -2.44. The van der Waals surface area contributed by atoms with Crippen LogP contribution in [-0.4, -0.2) is 82.3 Å². The molecule has 2 unspecified atom stereocenters. The summed E-state index contributed by atoms with van der Waals surface area (Å²) >= 11 is 0. The molecule has 0 amide bonds. The van der Waals surface area contributed by atoms with E-state index in [1.807, 2.05) is 21.1 Å². The summed E-state index contributed by atoms with van der Waals surface area (Å²) in [5, 5.41) is 11.8. The van der Waals surface area contributed by atoms with Gasteiger partial charge in [-0.15, -0.1) is 0 Å². The summed E-state index contributed by atoms with van der Waals surface area (Å²) in [6, 6.07) is 0. The fourth-order valence-electron chi connectivity index (χ4n) is 11.7. The Morgan fingerprint density at radius 3 is 0.909 bits per heavy atom. The summed E-state index contributed by atoms with van der Waals surface area (Å²) in [7, 11) is 5.94. The first-order chi connectivity index (χ1) is 43.1. The minimum Gasteiger partial charge on any atom is -0.545 e. The van der Waals surface area contributed by atoms with E-state index in [4.69, 9.17) is 18.9 Å². The van der Waals surface area contributed by atoms with E-state index in [-0.39, 0.29) is 32.2 Å². The molecule has 9 nitrogen and oxygen atoms in total. The van der Waals surface area contributed by atoms with Crippen molar-refractivity contribution in [2.75, 3.05) is 47.5 Å². The number of quaternary nitrogens is 1. The molecule has 0 aliphatic heterocycles. The van der Waals surface area contributed by atoms with Crippen molar-refractivity contribution in [3.05, 3.63) is 36.5 Å². The molecule has 518 valence electrons. The van der Waals surface area contributed by atoms with Gasteiger partial charge in [-0.2, -0.15) is 0 Å². The smallest absolute Gasteiger partial charge is 0.306 e. The van der Waals surface area contributed by atoms with Crippen LogP contribution in [0.5, 0.6) is 0 Å². The van der Waals surface area contributed by atoms with Crippen molar-refractivity contribution in [2.45, 2.75) is 405 Å². The molecule has 0 fully saturated rings. The highest BCUT2D eigenvalue weighted by molar-refractivity contribution is 5.70. The molecule has 0 aromatic carbocycles. The molecule has 0 rings (SSSR count). The number of aliphatic carboxylic acids is 1. The van der Waals surface area contributed by atoms with E-state index < -0.39 is 24.3 Å². The molecule has 0 spiro atoms. The predicted molar refractivity (Wildman–Crippen MR) is 376 cm³/mol. The number of carbonyl (C=O) groups excluding carboxylic acids is 3. The van der Waals surface area contributed by atoms with Crippen molar-refractivity contribution in [3.63, 3.8) is 0 Å². The van der Waals surface area contributed by atoms with Crippen LogP contribution >= 0.6 is 0 Å². The maximum absolute atomic E-state index is 12.9. The molecule has 0 aromatic heterocycles. The van der Waals surface area contributed by atoms with E-state index in [1.165, 1.54) is 308 Å². The number of esters is 2. The molecule has 0 heterocycles. The third kappa shape index (κ3) is 71.0. The molecule has 0 saturated heterocycles. The number of rotatable bonds is 73. The van der Waals surface area contributed by atoms with Crippen molar-refractivity contribution < 1.29 is 42.9 Å². The van der Waals surface area contributed by atoms with Crippen molar-refractivity contribution in [3.8, 4) is 0 Å². The number of unbranched alkanes of at least 4 members (excludes halogenated alkanes) is 52.